The molecule has 1 aliphatic heterocycles. The average molecular weight is 419 g/mol. The number of hydrogen-bond donors (Lipinski definition) is 2. The summed E-state index contributed by atoms with van der Waals surface area (Å²) in [7, 11) is 0. The van der Waals surface area contributed by atoms with E-state index in [9.17, 15) is 18.8 Å². The molecule has 4 amide bonds. The molecule has 1 aliphatic rings. The number of benzene rings is 3. The van der Waals surface area contributed by atoms with E-state index in [0.717, 1.165) is 15.7 Å². The van der Waals surface area contributed by atoms with Crippen LogP contribution in [0.1, 0.15) is 31.0 Å². The molecule has 0 spiro atoms. The lowest BCUT2D eigenvalue weighted by Gasteiger charge is -2.24. The molecule has 6 nitrogen and oxygen atoms in total. The molecule has 1 fully saturated rings. The number of carbonyl (C=O) groups excluding carboxylic acids is 3. The highest BCUT2D eigenvalue weighted by Crippen LogP contribution is 2.33. The van der Waals surface area contributed by atoms with Crippen molar-refractivity contribution in [3.63, 3.8) is 0 Å². The highest BCUT2D eigenvalue weighted by atomic mass is 19.1. The molecule has 31 heavy (non-hydrogen) atoms. The van der Waals surface area contributed by atoms with Crippen LogP contribution in [0.4, 0.5) is 9.18 Å². The van der Waals surface area contributed by atoms with Gasteiger partial charge in [-0.05, 0) is 47.9 Å². The zero-order valence-corrected chi connectivity index (χ0v) is 17.2. The molecule has 2 atom stereocenters. The molecule has 2 N–H and O–H groups in total. The van der Waals surface area contributed by atoms with Gasteiger partial charge in [0.15, 0.2) is 0 Å². The van der Waals surface area contributed by atoms with Gasteiger partial charge in [-0.15, -0.1) is 0 Å². The van der Waals surface area contributed by atoms with Crippen LogP contribution in [-0.4, -0.2) is 29.3 Å². The molecule has 0 radical (unpaired) electrons. The first-order valence-electron chi connectivity index (χ1n) is 9.97. The van der Waals surface area contributed by atoms with Gasteiger partial charge in [0.1, 0.15) is 17.9 Å². The van der Waals surface area contributed by atoms with Gasteiger partial charge >= 0.3 is 6.03 Å². The highest BCUT2D eigenvalue weighted by Gasteiger charge is 2.50. The Morgan fingerprint density at radius 3 is 2.48 bits per heavy atom. The molecular weight excluding hydrogens is 397 g/mol. The standard InChI is InChI=1S/C24H22FN3O3/c1-15(16-10-12-18(25)13-11-16)26-21(29)14-28-22(30)24(2,27-23(28)31)20-9-5-7-17-6-3-4-8-19(17)20/h3-13,15H,14H2,1-2H3,(H,26,29)(H,27,31)/t15-,24-/m0/s1. The van der Waals surface area contributed by atoms with Crippen molar-refractivity contribution >= 4 is 28.6 Å². The molecule has 0 aliphatic carbocycles. The van der Waals surface area contributed by atoms with Gasteiger partial charge in [0, 0.05) is 0 Å². The van der Waals surface area contributed by atoms with Crippen molar-refractivity contribution in [3.8, 4) is 0 Å². The number of halogens is 1. The Hall–Kier alpha value is -3.74. The predicted molar refractivity (Wildman–Crippen MR) is 115 cm³/mol. The minimum atomic E-state index is -1.28. The van der Waals surface area contributed by atoms with Crippen LogP contribution in [0.15, 0.2) is 66.7 Å². The second-order valence-corrected chi connectivity index (χ2v) is 7.81. The van der Waals surface area contributed by atoms with Crippen LogP contribution in [0.3, 0.4) is 0 Å². The fourth-order valence-corrected chi connectivity index (χ4v) is 3.95. The summed E-state index contributed by atoms with van der Waals surface area (Å²) in [6.07, 6.45) is 0. The Kier molecular flexibility index (Phi) is 5.19. The van der Waals surface area contributed by atoms with Crippen LogP contribution in [-0.2, 0) is 15.1 Å². The maximum atomic E-state index is 13.2. The monoisotopic (exact) mass is 419 g/mol. The van der Waals surface area contributed by atoms with Gasteiger partial charge < -0.3 is 10.6 Å². The van der Waals surface area contributed by atoms with Crippen molar-refractivity contribution in [3.05, 3.63) is 83.7 Å². The Morgan fingerprint density at radius 1 is 1.06 bits per heavy atom. The zero-order valence-electron chi connectivity index (χ0n) is 17.2. The summed E-state index contributed by atoms with van der Waals surface area (Å²) in [5.74, 6) is -1.34. The SMILES string of the molecule is C[C@H](NC(=O)CN1C(=O)N[C@@](C)(c2cccc3ccccc23)C1=O)c1ccc(F)cc1. The first-order chi connectivity index (χ1) is 14.8. The zero-order chi connectivity index (χ0) is 22.2. The number of imide groups is 1. The van der Waals surface area contributed by atoms with Crippen molar-refractivity contribution in [1.82, 2.24) is 15.5 Å². The second kappa shape index (κ2) is 7.83. The number of fused-ring (bicyclic) bond motifs is 1. The van der Waals surface area contributed by atoms with Gasteiger partial charge in [0.2, 0.25) is 5.91 Å². The lowest BCUT2D eigenvalue weighted by atomic mass is 9.88. The minimum Gasteiger partial charge on any atom is -0.348 e. The van der Waals surface area contributed by atoms with Gasteiger partial charge in [-0.1, -0.05) is 54.6 Å². The fourth-order valence-electron chi connectivity index (χ4n) is 3.95. The summed E-state index contributed by atoms with van der Waals surface area (Å²) < 4.78 is 13.1. The number of amides is 4. The average Bonchev–Trinajstić information content (AvgIpc) is 2.97. The van der Waals surface area contributed by atoms with Gasteiger partial charge in [-0.25, -0.2) is 9.18 Å². The first kappa shape index (κ1) is 20.5. The molecule has 0 saturated carbocycles. The lowest BCUT2D eigenvalue weighted by Crippen LogP contribution is -2.43. The van der Waals surface area contributed by atoms with Gasteiger partial charge in [-0.2, -0.15) is 0 Å². The van der Waals surface area contributed by atoms with Gasteiger partial charge in [-0.3, -0.25) is 14.5 Å². The van der Waals surface area contributed by atoms with E-state index in [1.165, 1.54) is 12.1 Å². The summed E-state index contributed by atoms with van der Waals surface area (Å²) in [5.41, 5.74) is 0.111. The van der Waals surface area contributed by atoms with Crippen LogP contribution in [0.25, 0.3) is 10.8 Å². The van der Waals surface area contributed by atoms with Gasteiger partial charge in [0.05, 0.1) is 6.04 Å². The Balaban J connectivity index is 1.53. The van der Waals surface area contributed by atoms with Crippen LogP contribution < -0.4 is 10.6 Å². The molecule has 158 valence electrons. The van der Waals surface area contributed by atoms with Crippen LogP contribution in [0.5, 0.6) is 0 Å². The fraction of sp³-hybridized carbons (Fsp3) is 0.208. The third-order valence-corrected chi connectivity index (χ3v) is 5.65. The number of urea groups is 1. The number of nitrogens with one attached hydrogen (secondary N) is 2. The van der Waals surface area contributed by atoms with E-state index >= 15 is 0 Å². The molecule has 0 aromatic heterocycles. The lowest BCUT2D eigenvalue weighted by molar-refractivity contribution is -0.135. The molecule has 1 saturated heterocycles. The minimum absolute atomic E-state index is 0.366. The quantitative estimate of drug-likeness (QED) is 0.620. The summed E-state index contributed by atoms with van der Waals surface area (Å²) in [6.45, 7) is 2.99. The highest BCUT2D eigenvalue weighted by molar-refractivity contribution is 6.10. The van der Waals surface area contributed by atoms with Crippen molar-refractivity contribution in [2.75, 3.05) is 6.54 Å². The molecule has 3 aromatic rings. The van der Waals surface area contributed by atoms with Crippen LogP contribution in [0.2, 0.25) is 0 Å². The number of carbonyl (C=O) groups is 3. The Bertz CT molecular complexity index is 1170. The Labute approximate surface area is 179 Å². The molecule has 0 bridgehead atoms. The van der Waals surface area contributed by atoms with Crippen molar-refractivity contribution in [1.29, 1.82) is 0 Å². The number of nitrogens with zero attached hydrogens (tertiary/aromatic N) is 1. The van der Waals surface area contributed by atoms with E-state index in [1.807, 2.05) is 36.4 Å². The van der Waals surface area contributed by atoms with E-state index in [0.29, 0.717) is 11.1 Å². The van der Waals surface area contributed by atoms with Gasteiger partial charge in [0.25, 0.3) is 5.91 Å². The van der Waals surface area contributed by atoms with E-state index in [4.69, 9.17) is 0 Å². The summed E-state index contributed by atoms with van der Waals surface area (Å²) in [5, 5.41) is 7.31. The van der Waals surface area contributed by atoms with Crippen molar-refractivity contribution < 1.29 is 18.8 Å². The van der Waals surface area contributed by atoms with Crippen molar-refractivity contribution in [2.24, 2.45) is 0 Å². The molecule has 0 unspecified atom stereocenters. The van der Waals surface area contributed by atoms with Crippen LogP contribution >= 0.6 is 0 Å². The molecule has 7 heteroatoms. The first-order valence-corrected chi connectivity index (χ1v) is 9.97. The summed E-state index contributed by atoms with van der Waals surface area (Å²) in [4.78, 5) is 39.3. The van der Waals surface area contributed by atoms with E-state index < -0.39 is 36.0 Å². The topological polar surface area (TPSA) is 78.5 Å². The second-order valence-electron chi connectivity index (χ2n) is 7.81. The third kappa shape index (κ3) is 3.74. The third-order valence-electron chi connectivity index (χ3n) is 5.65. The van der Waals surface area contributed by atoms with E-state index in [2.05, 4.69) is 10.6 Å². The normalized spacial score (nSPS) is 19.4. The smallest absolute Gasteiger partial charge is 0.325 e. The summed E-state index contributed by atoms with van der Waals surface area (Å²) in [6, 6.07) is 17.9. The molecule has 1 heterocycles. The van der Waals surface area contributed by atoms with E-state index in [1.54, 1.807) is 32.0 Å². The van der Waals surface area contributed by atoms with Crippen LogP contribution in [0, 0.1) is 5.82 Å². The summed E-state index contributed by atoms with van der Waals surface area (Å²) >= 11 is 0. The number of hydrogen-bond acceptors (Lipinski definition) is 3. The maximum Gasteiger partial charge on any atom is 0.325 e. The molecule has 3 aromatic carbocycles. The molecule has 4 rings (SSSR count). The Morgan fingerprint density at radius 2 is 1.74 bits per heavy atom. The maximum absolute atomic E-state index is 13.2. The number of rotatable bonds is 5. The van der Waals surface area contributed by atoms with Crippen molar-refractivity contribution in [2.45, 2.75) is 25.4 Å². The predicted octanol–water partition coefficient (Wildman–Crippen LogP) is 3.62. The molecular formula is C24H22FN3O3. The largest absolute Gasteiger partial charge is 0.348 e. The van der Waals surface area contributed by atoms with E-state index in [-0.39, 0.29) is 5.82 Å².